The minimum Gasteiger partial charge on any atom is -0.395 e. The SMILES string of the molecule is Cc1ccc(N(C(=O)c2snc(C(N)=O)c2N)C(C(=O)NC2CCCC2)c2ccc(N(C)C)cc2)c(C)c1. The van der Waals surface area contributed by atoms with Crippen molar-refractivity contribution in [3.8, 4) is 0 Å². The highest BCUT2D eigenvalue weighted by atomic mass is 32.1. The van der Waals surface area contributed by atoms with Gasteiger partial charge in [-0.05, 0) is 67.5 Å². The van der Waals surface area contributed by atoms with Gasteiger partial charge < -0.3 is 21.7 Å². The number of nitrogens with zero attached hydrogens (tertiary/aromatic N) is 3. The molecule has 0 spiro atoms. The number of rotatable bonds is 8. The van der Waals surface area contributed by atoms with Crippen LogP contribution in [0.5, 0.6) is 0 Å². The van der Waals surface area contributed by atoms with E-state index >= 15 is 0 Å². The maximum atomic E-state index is 14.2. The molecule has 0 saturated heterocycles. The molecule has 0 aliphatic heterocycles. The summed E-state index contributed by atoms with van der Waals surface area (Å²) < 4.78 is 4.03. The Morgan fingerprint density at radius 3 is 2.26 bits per heavy atom. The maximum absolute atomic E-state index is 14.2. The normalized spacial score (nSPS) is 14.2. The van der Waals surface area contributed by atoms with Crippen molar-refractivity contribution in [1.29, 1.82) is 0 Å². The molecule has 3 amide bonds. The van der Waals surface area contributed by atoms with Crippen LogP contribution in [-0.2, 0) is 4.79 Å². The molecule has 38 heavy (non-hydrogen) atoms. The zero-order valence-corrected chi connectivity index (χ0v) is 23.0. The van der Waals surface area contributed by atoms with E-state index in [4.69, 9.17) is 11.5 Å². The molecule has 0 radical (unpaired) electrons. The van der Waals surface area contributed by atoms with E-state index in [9.17, 15) is 14.4 Å². The predicted octanol–water partition coefficient (Wildman–Crippen LogP) is 3.95. The summed E-state index contributed by atoms with van der Waals surface area (Å²) in [6.45, 7) is 3.86. The third-order valence-corrected chi connectivity index (χ3v) is 7.77. The lowest BCUT2D eigenvalue weighted by atomic mass is 9.99. The molecule has 1 aromatic heterocycles. The molecule has 10 heteroatoms. The van der Waals surface area contributed by atoms with Crippen LogP contribution < -0.4 is 26.6 Å². The highest BCUT2D eigenvalue weighted by molar-refractivity contribution is 7.09. The van der Waals surface area contributed by atoms with Gasteiger partial charge >= 0.3 is 0 Å². The van der Waals surface area contributed by atoms with E-state index in [-0.39, 0.29) is 28.2 Å². The summed E-state index contributed by atoms with van der Waals surface area (Å²) in [6, 6.07) is 12.3. The molecule has 4 rings (SSSR count). The number of carbonyl (C=O) groups is 3. The lowest BCUT2D eigenvalue weighted by Crippen LogP contribution is -2.46. The lowest BCUT2D eigenvalue weighted by molar-refractivity contribution is -0.123. The van der Waals surface area contributed by atoms with E-state index in [0.717, 1.165) is 54.0 Å². The second-order valence-electron chi connectivity index (χ2n) is 9.98. The Morgan fingerprint density at radius 1 is 1.05 bits per heavy atom. The van der Waals surface area contributed by atoms with Crippen LogP contribution in [-0.4, -0.2) is 42.2 Å². The van der Waals surface area contributed by atoms with Gasteiger partial charge in [0.05, 0.1) is 5.69 Å². The first kappa shape index (κ1) is 27.1. The molecule has 0 bridgehead atoms. The fourth-order valence-electron chi connectivity index (χ4n) is 4.90. The van der Waals surface area contributed by atoms with Gasteiger partial charge in [0.1, 0.15) is 10.9 Å². The van der Waals surface area contributed by atoms with E-state index in [0.29, 0.717) is 11.3 Å². The van der Waals surface area contributed by atoms with E-state index in [2.05, 4.69) is 9.69 Å². The van der Waals surface area contributed by atoms with E-state index in [1.165, 1.54) is 4.90 Å². The molecule has 1 heterocycles. The average Bonchev–Trinajstić information content (AvgIpc) is 3.52. The number of nitrogen functional groups attached to an aromatic ring is 1. The van der Waals surface area contributed by atoms with E-state index < -0.39 is 17.9 Å². The molecule has 1 fully saturated rings. The van der Waals surface area contributed by atoms with Gasteiger partial charge in [0, 0.05) is 31.5 Å². The molecular formula is C28H34N6O3S. The van der Waals surface area contributed by atoms with Crippen LogP contribution in [0.15, 0.2) is 42.5 Å². The molecule has 3 aromatic rings. The summed E-state index contributed by atoms with van der Waals surface area (Å²) in [5.41, 5.74) is 15.4. The zero-order valence-electron chi connectivity index (χ0n) is 22.2. The Kier molecular flexibility index (Phi) is 8.01. The third-order valence-electron chi connectivity index (χ3n) is 6.92. The van der Waals surface area contributed by atoms with Gasteiger partial charge in [-0.3, -0.25) is 19.3 Å². The van der Waals surface area contributed by atoms with Gasteiger partial charge in [-0.1, -0.05) is 42.7 Å². The molecular weight excluding hydrogens is 500 g/mol. The first-order valence-electron chi connectivity index (χ1n) is 12.6. The first-order valence-corrected chi connectivity index (χ1v) is 13.4. The molecule has 1 aliphatic rings. The number of benzene rings is 2. The van der Waals surface area contributed by atoms with Crippen LogP contribution in [0.2, 0.25) is 0 Å². The van der Waals surface area contributed by atoms with Crippen molar-refractivity contribution < 1.29 is 14.4 Å². The topological polar surface area (TPSA) is 135 Å². The molecule has 1 aliphatic carbocycles. The Bertz CT molecular complexity index is 1350. The van der Waals surface area contributed by atoms with Crippen molar-refractivity contribution in [3.63, 3.8) is 0 Å². The lowest BCUT2D eigenvalue weighted by Gasteiger charge is -2.33. The molecule has 200 valence electrons. The molecule has 1 atom stereocenters. The van der Waals surface area contributed by atoms with Gasteiger partial charge in [-0.15, -0.1) is 0 Å². The summed E-state index contributed by atoms with van der Waals surface area (Å²) in [7, 11) is 3.88. The molecule has 2 aromatic carbocycles. The maximum Gasteiger partial charge on any atom is 0.273 e. The van der Waals surface area contributed by atoms with Crippen LogP contribution in [0, 0.1) is 13.8 Å². The summed E-state index contributed by atoms with van der Waals surface area (Å²) in [6.07, 6.45) is 3.92. The Hall–Kier alpha value is -3.92. The number of hydrogen-bond donors (Lipinski definition) is 3. The van der Waals surface area contributed by atoms with Crippen molar-refractivity contribution >= 4 is 46.3 Å². The fraction of sp³-hybridized carbons (Fsp3) is 0.357. The third kappa shape index (κ3) is 5.50. The van der Waals surface area contributed by atoms with Gasteiger partial charge in [0.15, 0.2) is 5.69 Å². The average molecular weight is 535 g/mol. The van der Waals surface area contributed by atoms with Crippen molar-refractivity contribution in [2.24, 2.45) is 5.73 Å². The quantitative estimate of drug-likeness (QED) is 0.401. The summed E-state index contributed by atoms with van der Waals surface area (Å²) in [5.74, 6) is -1.62. The smallest absolute Gasteiger partial charge is 0.273 e. The number of primary amides is 1. The summed E-state index contributed by atoms with van der Waals surface area (Å²) in [5, 5.41) is 3.18. The standard InChI is InChI=1S/C28H34N6O3S/c1-16-9-14-21(17(2)15-16)34(28(37)25-22(29)23(26(30)35)32-38-25)24(27(36)31-19-7-5-6-8-19)18-10-12-20(13-11-18)33(3)4/h9-15,19,24H,5-8,29H2,1-4H3,(H2,30,35)(H,31,36). The van der Waals surface area contributed by atoms with Crippen molar-refractivity contribution in [2.45, 2.75) is 51.6 Å². The number of nitrogens with one attached hydrogen (secondary N) is 1. The number of hydrogen-bond acceptors (Lipinski definition) is 7. The Balaban J connectivity index is 1.89. The van der Waals surface area contributed by atoms with Crippen molar-refractivity contribution in [3.05, 3.63) is 69.7 Å². The number of amides is 3. The molecule has 5 N–H and O–H groups in total. The number of aryl methyl sites for hydroxylation is 2. The second kappa shape index (κ2) is 11.2. The van der Waals surface area contributed by atoms with Crippen LogP contribution in [0.25, 0.3) is 0 Å². The van der Waals surface area contributed by atoms with Gasteiger partial charge in [-0.25, -0.2) is 0 Å². The number of nitrogens with two attached hydrogens (primary N) is 2. The second-order valence-corrected chi connectivity index (χ2v) is 10.8. The predicted molar refractivity (Wildman–Crippen MR) is 152 cm³/mol. The van der Waals surface area contributed by atoms with Crippen LogP contribution >= 0.6 is 11.5 Å². The van der Waals surface area contributed by atoms with Crippen LogP contribution in [0.1, 0.15) is 68.6 Å². The van der Waals surface area contributed by atoms with Gasteiger partial charge in [-0.2, -0.15) is 4.37 Å². The monoisotopic (exact) mass is 534 g/mol. The fourth-order valence-corrected chi connectivity index (χ4v) is 5.65. The van der Waals surface area contributed by atoms with Crippen LogP contribution in [0.4, 0.5) is 17.1 Å². The Morgan fingerprint density at radius 2 is 1.71 bits per heavy atom. The van der Waals surface area contributed by atoms with Crippen molar-refractivity contribution in [1.82, 2.24) is 9.69 Å². The minimum atomic E-state index is -0.987. The molecule has 1 unspecified atom stereocenters. The highest BCUT2D eigenvalue weighted by Gasteiger charge is 2.37. The van der Waals surface area contributed by atoms with E-state index in [1.807, 2.05) is 75.3 Å². The largest absolute Gasteiger partial charge is 0.395 e. The summed E-state index contributed by atoms with van der Waals surface area (Å²) in [4.78, 5) is 43.6. The first-order chi connectivity index (χ1) is 18.1. The number of carbonyl (C=O) groups excluding carboxylic acids is 3. The van der Waals surface area contributed by atoms with Gasteiger partial charge in [0.25, 0.3) is 11.8 Å². The zero-order chi connectivity index (χ0) is 27.6. The highest BCUT2D eigenvalue weighted by Crippen LogP contribution is 2.36. The molecule has 9 nitrogen and oxygen atoms in total. The molecule has 1 saturated carbocycles. The summed E-state index contributed by atoms with van der Waals surface area (Å²) >= 11 is 0.803. The minimum absolute atomic E-state index is 0.0528. The number of aromatic nitrogens is 1. The van der Waals surface area contributed by atoms with Crippen LogP contribution in [0.3, 0.4) is 0 Å². The van der Waals surface area contributed by atoms with Gasteiger partial charge in [0.2, 0.25) is 5.91 Å². The van der Waals surface area contributed by atoms with Crippen molar-refractivity contribution in [2.75, 3.05) is 29.6 Å². The van der Waals surface area contributed by atoms with E-state index in [1.54, 1.807) is 0 Å². The Labute approximate surface area is 227 Å². The number of anilines is 3.